The van der Waals surface area contributed by atoms with Crippen molar-refractivity contribution >= 4 is 0 Å². The van der Waals surface area contributed by atoms with Crippen LogP contribution in [-0.2, 0) is 4.74 Å². The Morgan fingerprint density at radius 1 is 1.30 bits per heavy atom. The average Bonchev–Trinajstić information content (AvgIpc) is 2.17. The summed E-state index contributed by atoms with van der Waals surface area (Å²) in [6.07, 6.45) is 11.7. The van der Waals surface area contributed by atoms with Crippen molar-refractivity contribution in [2.24, 2.45) is 0 Å². The minimum absolute atomic E-state index is 1.02. The molecule has 0 unspecified atom stereocenters. The summed E-state index contributed by atoms with van der Waals surface area (Å²) in [6.45, 7) is 2.14. The van der Waals surface area contributed by atoms with E-state index in [1.54, 1.807) is 6.26 Å². The summed E-state index contributed by atoms with van der Waals surface area (Å²) < 4.78 is 5.26. The third kappa shape index (κ3) is 2.09. The lowest BCUT2D eigenvalue weighted by molar-refractivity contribution is 0.333. The molecule has 1 nitrogen and oxygen atoms in total. The zero-order chi connectivity index (χ0) is 7.23. The van der Waals surface area contributed by atoms with Crippen molar-refractivity contribution in [3.05, 3.63) is 36.3 Å². The number of ether oxygens (including phenoxy) is 1. The van der Waals surface area contributed by atoms with Gasteiger partial charge in [0.05, 0.1) is 6.26 Å². The van der Waals surface area contributed by atoms with E-state index in [2.05, 4.69) is 6.92 Å². The molecule has 0 radical (unpaired) electrons. The molecule has 0 atom stereocenters. The van der Waals surface area contributed by atoms with Crippen LogP contribution >= 0.6 is 0 Å². The summed E-state index contributed by atoms with van der Waals surface area (Å²) in [7, 11) is 0. The van der Waals surface area contributed by atoms with Gasteiger partial charge in [0.15, 0.2) is 0 Å². The van der Waals surface area contributed by atoms with Gasteiger partial charge in [-0.15, -0.1) is 0 Å². The van der Waals surface area contributed by atoms with Gasteiger partial charge in [-0.25, -0.2) is 0 Å². The molecule has 1 rings (SSSR count). The maximum Gasteiger partial charge on any atom is 0.103 e. The van der Waals surface area contributed by atoms with Crippen molar-refractivity contribution in [2.75, 3.05) is 0 Å². The molecule has 10 heavy (non-hydrogen) atoms. The van der Waals surface area contributed by atoms with Crippen molar-refractivity contribution in [1.29, 1.82) is 0 Å². The summed E-state index contributed by atoms with van der Waals surface area (Å²) in [5, 5.41) is 0. The molecule has 0 aromatic heterocycles. The Morgan fingerprint density at radius 3 is 3.00 bits per heavy atom. The lowest BCUT2D eigenvalue weighted by atomic mass is 10.3. The van der Waals surface area contributed by atoms with Gasteiger partial charge in [-0.2, -0.15) is 0 Å². The Hall–Kier alpha value is -0.980. The second kappa shape index (κ2) is 3.94. The van der Waals surface area contributed by atoms with E-state index in [1.165, 1.54) is 0 Å². The minimum atomic E-state index is 1.02. The van der Waals surface area contributed by atoms with Crippen molar-refractivity contribution in [3.63, 3.8) is 0 Å². The molecule has 0 amide bonds. The van der Waals surface area contributed by atoms with Crippen molar-refractivity contribution < 1.29 is 4.74 Å². The molecule has 0 spiro atoms. The summed E-state index contributed by atoms with van der Waals surface area (Å²) in [6, 6.07) is 0. The Labute approximate surface area is 61.7 Å². The van der Waals surface area contributed by atoms with Gasteiger partial charge in [0.25, 0.3) is 0 Å². The zero-order valence-electron chi connectivity index (χ0n) is 6.21. The first-order valence-electron chi connectivity index (χ1n) is 3.62. The van der Waals surface area contributed by atoms with E-state index in [0.29, 0.717) is 0 Å². The predicted octanol–water partition coefficient (Wildman–Crippen LogP) is 2.77. The molecular formula is C9H12O. The van der Waals surface area contributed by atoms with Gasteiger partial charge in [0.1, 0.15) is 5.76 Å². The fourth-order valence-corrected chi connectivity index (χ4v) is 0.827. The number of hydrogen-bond acceptors (Lipinski definition) is 1. The van der Waals surface area contributed by atoms with Gasteiger partial charge in [-0.3, -0.25) is 0 Å². The van der Waals surface area contributed by atoms with Crippen molar-refractivity contribution in [2.45, 2.75) is 19.8 Å². The number of hydrogen-bond donors (Lipinski definition) is 0. The Bertz CT molecular complexity index is 175. The number of allylic oxidation sites excluding steroid dienone is 5. The Balaban J connectivity index is 2.50. The Kier molecular flexibility index (Phi) is 2.81. The van der Waals surface area contributed by atoms with E-state index in [1.807, 2.05) is 24.3 Å². The molecule has 0 saturated carbocycles. The highest BCUT2D eigenvalue weighted by Gasteiger charge is 1.93. The molecule has 0 fully saturated rings. The van der Waals surface area contributed by atoms with E-state index in [0.717, 1.165) is 18.6 Å². The van der Waals surface area contributed by atoms with Gasteiger partial charge < -0.3 is 4.74 Å². The van der Waals surface area contributed by atoms with E-state index in [9.17, 15) is 0 Å². The van der Waals surface area contributed by atoms with E-state index in [4.69, 9.17) is 4.74 Å². The highest BCUT2D eigenvalue weighted by Crippen LogP contribution is 2.09. The van der Waals surface area contributed by atoms with Crippen LogP contribution in [0.1, 0.15) is 19.8 Å². The fraction of sp³-hybridized carbons (Fsp3) is 0.333. The maximum absolute atomic E-state index is 5.26. The fourth-order valence-electron chi connectivity index (χ4n) is 0.827. The van der Waals surface area contributed by atoms with Crippen LogP contribution < -0.4 is 0 Å². The first kappa shape index (κ1) is 7.13. The molecule has 54 valence electrons. The van der Waals surface area contributed by atoms with Gasteiger partial charge in [0.2, 0.25) is 0 Å². The number of rotatable bonds is 2. The van der Waals surface area contributed by atoms with Crippen LogP contribution in [0.4, 0.5) is 0 Å². The normalized spacial score (nSPS) is 15.9. The molecule has 0 bridgehead atoms. The lowest BCUT2D eigenvalue weighted by Crippen LogP contribution is -1.82. The van der Waals surface area contributed by atoms with Gasteiger partial charge in [0, 0.05) is 6.42 Å². The van der Waals surface area contributed by atoms with Crippen LogP contribution in [0.2, 0.25) is 0 Å². The zero-order valence-corrected chi connectivity index (χ0v) is 6.21. The summed E-state index contributed by atoms with van der Waals surface area (Å²) >= 11 is 0. The minimum Gasteiger partial charge on any atom is -0.469 e. The second-order valence-corrected chi connectivity index (χ2v) is 2.21. The molecule has 0 saturated heterocycles. The first-order valence-corrected chi connectivity index (χ1v) is 3.62. The SMILES string of the molecule is CCCC1=CC=CC=CO1. The molecule has 1 aliphatic rings. The highest BCUT2D eigenvalue weighted by molar-refractivity contribution is 5.16. The van der Waals surface area contributed by atoms with Crippen LogP contribution in [0.3, 0.4) is 0 Å². The average molecular weight is 136 g/mol. The van der Waals surface area contributed by atoms with E-state index >= 15 is 0 Å². The highest BCUT2D eigenvalue weighted by atomic mass is 16.5. The predicted molar refractivity (Wildman–Crippen MR) is 42.4 cm³/mol. The van der Waals surface area contributed by atoms with E-state index in [-0.39, 0.29) is 0 Å². The molecule has 0 aliphatic carbocycles. The topological polar surface area (TPSA) is 9.23 Å². The third-order valence-corrected chi connectivity index (χ3v) is 1.30. The van der Waals surface area contributed by atoms with Crippen LogP contribution in [0.25, 0.3) is 0 Å². The molecule has 1 heteroatoms. The standard InChI is InChI=1S/C9H12O/c1-2-6-9-7-4-3-5-8-10-9/h3-5,7-8H,2,6H2,1H3. The van der Waals surface area contributed by atoms with Gasteiger partial charge in [-0.1, -0.05) is 19.1 Å². The smallest absolute Gasteiger partial charge is 0.103 e. The maximum atomic E-state index is 5.26. The lowest BCUT2D eigenvalue weighted by Gasteiger charge is -2.00. The van der Waals surface area contributed by atoms with E-state index < -0.39 is 0 Å². The van der Waals surface area contributed by atoms with Gasteiger partial charge in [-0.05, 0) is 18.6 Å². The first-order chi connectivity index (χ1) is 4.93. The summed E-state index contributed by atoms with van der Waals surface area (Å²) in [4.78, 5) is 0. The Morgan fingerprint density at radius 2 is 2.20 bits per heavy atom. The molecular weight excluding hydrogens is 124 g/mol. The molecule has 0 N–H and O–H groups in total. The summed E-state index contributed by atoms with van der Waals surface area (Å²) in [5.74, 6) is 1.05. The van der Waals surface area contributed by atoms with Gasteiger partial charge >= 0.3 is 0 Å². The van der Waals surface area contributed by atoms with Crippen LogP contribution in [0.15, 0.2) is 36.3 Å². The van der Waals surface area contributed by atoms with Crippen LogP contribution in [0.5, 0.6) is 0 Å². The second-order valence-electron chi connectivity index (χ2n) is 2.21. The van der Waals surface area contributed by atoms with Crippen LogP contribution in [0, 0.1) is 0 Å². The summed E-state index contributed by atoms with van der Waals surface area (Å²) in [5.41, 5.74) is 0. The monoisotopic (exact) mass is 136 g/mol. The van der Waals surface area contributed by atoms with Crippen molar-refractivity contribution in [3.8, 4) is 0 Å². The quantitative estimate of drug-likeness (QED) is 0.567. The molecule has 1 heterocycles. The largest absolute Gasteiger partial charge is 0.469 e. The molecule has 0 aromatic rings. The molecule has 1 aliphatic heterocycles. The molecule has 0 aromatic carbocycles. The third-order valence-electron chi connectivity index (χ3n) is 1.30. The van der Waals surface area contributed by atoms with Crippen LogP contribution in [-0.4, -0.2) is 0 Å². The van der Waals surface area contributed by atoms with Crippen molar-refractivity contribution in [1.82, 2.24) is 0 Å².